The predicted molar refractivity (Wildman–Crippen MR) is 71.8 cm³/mol. The van der Waals surface area contributed by atoms with Crippen LogP contribution in [0.5, 0.6) is 0 Å². The SMILES string of the molecule is O=C(c1cc(F)c(Br)cc1F)c1cc(Cl)sc1Cl. The van der Waals surface area contributed by atoms with E-state index in [9.17, 15) is 13.6 Å². The topological polar surface area (TPSA) is 17.1 Å². The lowest BCUT2D eigenvalue weighted by atomic mass is 10.1. The smallest absolute Gasteiger partial charge is 0.198 e. The van der Waals surface area contributed by atoms with Gasteiger partial charge in [-0.2, -0.15) is 0 Å². The summed E-state index contributed by atoms with van der Waals surface area (Å²) in [6.45, 7) is 0. The van der Waals surface area contributed by atoms with E-state index in [0.29, 0.717) is 4.34 Å². The Kier molecular flexibility index (Phi) is 4.06. The number of halogens is 5. The number of ketones is 1. The van der Waals surface area contributed by atoms with E-state index in [1.54, 1.807) is 0 Å². The normalized spacial score (nSPS) is 10.7. The van der Waals surface area contributed by atoms with Crippen molar-refractivity contribution in [3.05, 3.63) is 54.1 Å². The lowest BCUT2D eigenvalue weighted by Gasteiger charge is -2.03. The molecule has 0 radical (unpaired) electrons. The average Bonchev–Trinajstić information content (AvgIpc) is 2.62. The number of rotatable bonds is 2. The van der Waals surface area contributed by atoms with Crippen molar-refractivity contribution in [2.24, 2.45) is 0 Å². The fraction of sp³-hybridized carbons (Fsp3) is 0. The third-order valence-corrected chi connectivity index (χ3v) is 4.25. The second kappa shape index (κ2) is 5.25. The molecule has 0 saturated heterocycles. The first-order valence-electron chi connectivity index (χ1n) is 4.54. The van der Waals surface area contributed by atoms with E-state index < -0.39 is 17.4 Å². The highest BCUT2D eigenvalue weighted by molar-refractivity contribution is 9.10. The van der Waals surface area contributed by atoms with E-state index in [0.717, 1.165) is 23.5 Å². The number of hydrogen-bond acceptors (Lipinski definition) is 2. The van der Waals surface area contributed by atoms with Crippen molar-refractivity contribution >= 4 is 56.3 Å². The van der Waals surface area contributed by atoms with Crippen LogP contribution in [0, 0.1) is 11.6 Å². The Hall–Kier alpha value is -0.490. The molecule has 2 aromatic rings. The molecule has 0 unspecified atom stereocenters. The minimum absolute atomic E-state index is 0.0500. The Morgan fingerprint density at radius 2 is 1.78 bits per heavy atom. The zero-order valence-corrected chi connectivity index (χ0v) is 12.4. The summed E-state index contributed by atoms with van der Waals surface area (Å²) < 4.78 is 27.3. The first-order chi connectivity index (χ1) is 8.40. The molecule has 7 heteroatoms. The Bertz CT molecular complexity index is 642. The van der Waals surface area contributed by atoms with Gasteiger partial charge in [0.25, 0.3) is 0 Å². The first-order valence-corrected chi connectivity index (χ1v) is 6.90. The predicted octanol–water partition coefficient (Wildman–Crippen LogP) is 5.33. The number of carbonyl (C=O) groups is 1. The molecule has 18 heavy (non-hydrogen) atoms. The Morgan fingerprint density at radius 1 is 1.11 bits per heavy atom. The second-order valence-corrected chi connectivity index (χ2v) is 6.45. The van der Waals surface area contributed by atoms with E-state index in [2.05, 4.69) is 15.9 Å². The zero-order chi connectivity index (χ0) is 13.4. The number of carbonyl (C=O) groups excluding carboxylic acids is 1. The van der Waals surface area contributed by atoms with Gasteiger partial charge in [0.15, 0.2) is 5.78 Å². The molecule has 0 fully saturated rings. The van der Waals surface area contributed by atoms with Crippen LogP contribution < -0.4 is 0 Å². The average molecular weight is 372 g/mol. The molecule has 1 nitrogen and oxygen atoms in total. The van der Waals surface area contributed by atoms with Gasteiger partial charge in [0, 0.05) is 0 Å². The highest BCUT2D eigenvalue weighted by atomic mass is 79.9. The third kappa shape index (κ3) is 2.59. The largest absolute Gasteiger partial charge is 0.288 e. The lowest BCUT2D eigenvalue weighted by molar-refractivity contribution is 0.103. The number of benzene rings is 1. The molecule has 1 aromatic heterocycles. The van der Waals surface area contributed by atoms with Crippen LogP contribution in [0.1, 0.15) is 15.9 Å². The number of thiophene rings is 1. The van der Waals surface area contributed by atoms with E-state index in [1.165, 1.54) is 6.07 Å². The maximum Gasteiger partial charge on any atom is 0.198 e. The second-order valence-electron chi connectivity index (χ2n) is 3.31. The molecule has 2 rings (SSSR count). The molecule has 94 valence electrons. The highest BCUT2D eigenvalue weighted by Gasteiger charge is 2.21. The standard InChI is InChI=1S/C11H3BrCl2F2OS/c12-6-3-7(15)4(1-8(6)16)10(17)5-2-9(13)18-11(5)14/h1-3H. The van der Waals surface area contributed by atoms with Crippen molar-refractivity contribution in [3.8, 4) is 0 Å². The monoisotopic (exact) mass is 370 g/mol. The van der Waals surface area contributed by atoms with Crippen LogP contribution in [0.25, 0.3) is 0 Å². The minimum atomic E-state index is -0.827. The van der Waals surface area contributed by atoms with Gasteiger partial charge < -0.3 is 0 Å². The molecule has 0 saturated carbocycles. The van der Waals surface area contributed by atoms with Crippen molar-refractivity contribution in [3.63, 3.8) is 0 Å². The van der Waals surface area contributed by atoms with Gasteiger partial charge in [-0.3, -0.25) is 4.79 Å². The molecule has 0 spiro atoms. The van der Waals surface area contributed by atoms with Crippen LogP contribution in [0.2, 0.25) is 8.67 Å². The zero-order valence-electron chi connectivity index (χ0n) is 8.44. The van der Waals surface area contributed by atoms with Crippen LogP contribution in [-0.4, -0.2) is 5.78 Å². The summed E-state index contributed by atoms with van der Waals surface area (Å²) in [6.07, 6.45) is 0. The van der Waals surface area contributed by atoms with Gasteiger partial charge in [0.2, 0.25) is 0 Å². The minimum Gasteiger partial charge on any atom is -0.288 e. The van der Waals surface area contributed by atoms with Crippen LogP contribution in [0.4, 0.5) is 8.78 Å². The fourth-order valence-corrected chi connectivity index (χ4v) is 3.11. The summed E-state index contributed by atoms with van der Waals surface area (Å²) in [5, 5.41) is 0. The van der Waals surface area contributed by atoms with Crippen molar-refractivity contribution in [1.29, 1.82) is 0 Å². The highest BCUT2D eigenvalue weighted by Crippen LogP contribution is 2.33. The molecule has 0 N–H and O–H groups in total. The van der Waals surface area contributed by atoms with Crippen LogP contribution in [-0.2, 0) is 0 Å². The van der Waals surface area contributed by atoms with Gasteiger partial charge >= 0.3 is 0 Å². The van der Waals surface area contributed by atoms with Crippen LogP contribution in [0.3, 0.4) is 0 Å². The number of hydrogen-bond donors (Lipinski definition) is 0. The molecule has 1 aromatic carbocycles. The van der Waals surface area contributed by atoms with Gasteiger partial charge in [0.05, 0.1) is 19.9 Å². The Balaban J connectivity index is 2.53. The van der Waals surface area contributed by atoms with Crippen LogP contribution >= 0.6 is 50.5 Å². The first kappa shape index (κ1) is 13.9. The summed E-state index contributed by atoms with van der Waals surface area (Å²) in [7, 11) is 0. The molecule has 1 heterocycles. The fourth-order valence-electron chi connectivity index (χ4n) is 1.34. The molecule has 0 atom stereocenters. The van der Waals surface area contributed by atoms with Gasteiger partial charge in [-0.05, 0) is 34.1 Å². The van der Waals surface area contributed by atoms with E-state index in [-0.39, 0.29) is 19.9 Å². The van der Waals surface area contributed by atoms with Gasteiger partial charge in [-0.1, -0.05) is 23.2 Å². The van der Waals surface area contributed by atoms with Crippen molar-refractivity contribution < 1.29 is 13.6 Å². The molecule has 0 amide bonds. The maximum absolute atomic E-state index is 13.6. The summed E-state index contributed by atoms with van der Waals surface area (Å²) in [5.41, 5.74) is -0.320. The Labute approximate surface area is 123 Å². The van der Waals surface area contributed by atoms with Gasteiger partial charge in [0.1, 0.15) is 16.0 Å². The molecular formula is C11H3BrCl2F2OS. The van der Waals surface area contributed by atoms with Gasteiger partial charge in [-0.25, -0.2) is 8.78 Å². The summed E-state index contributed by atoms with van der Waals surface area (Å²) >= 11 is 15.3. The maximum atomic E-state index is 13.6. The summed E-state index contributed by atoms with van der Waals surface area (Å²) in [6, 6.07) is 3.05. The van der Waals surface area contributed by atoms with Crippen LogP contribution in [0.15, 0.2) is 22.7 Å². The van der Waals surface area contributed by atoms with Crippen molar-refractivity contribution in [2.45, 2.75) is 0 Å². The molecule has 0 aliphatic carbocycles. The quantitative estimate of drug-likeness (QED) is 0.515. The summed E-state index contributed by atoms with van der Waals surface area (Å²) in [4.78, 5) is 12.0. The van der Waals surface area contributed by atoms with E-state index >= 15 is 0 Å². The molecule has 0 aliphatic heterocycles. The van der Waals surface area contributed by atoms with E-state index in [1.807, 2.05) is 0 Å². The van der Waals surface area contributed by atoms with Gasteiger partial charge in [-0.15, -0.1) is 11.3 Å². The van der Waals surface area contributed by atoms with Crippen molar-refractivity contribution in [1.82, 2.24) is 0 Å². The molecule has 0 bridgehead atoms. The third-order valence-electron chi connectivity index (χ3n) is 2.16. The lowest BCUT2D eigenvalue weighted by Crippen LogP contribution is -2.04. The summed E-state index contributed by atoms with van der Waals surface area (Å²) in [5.74, 6) is -2.25. The Morgan fingerprint density at radius 3 is 2.33 bits per heavy atom. The molecular weight excluding hydrogens is 369 g/mol. The van der Waals surface area contributed by atoms with Crippen molar-refractivity contribution in [2.75, 3.05) is 0 Å². The van der Waals surface area contributed by atoms with E-state index in [4.69, 9.17) is 23.2 Å². The molecule has 0 aliphatic rings.